The van der Waals surface area contributed by atoms with E-state index < -0.39 is 11.7 Å². The lowest BCUT2D eigenvalue weighted by Crippen LogP contribution is -2.50. The predicted octanol–water partition coefficient (Wildman–Crippen LogP) is 5.11. The fourth-order valence-electron chi connectivity index (χ4n) is 3.83. The average molecular weight is 454 g/mol. The van der Waals surface area contributed by atoms with E-state index in [0.29, 0.717) is 6.42 Å². The number of benzene rings is 1. The van der Waals surface area contributed by atoms with Crippen LogP contribution in [0.2, 0.25) is 0 Å². The van der Waals surface area contributed by atoms with Crippen LogP contribution >= 0.6 is 0 Å². The smallest absolute Gasteiger partial charge is 0.444 e. The molecule has 1 N–H and O–H groups in total. The lowest BCUT2D eigenvalue weighted by atomic mass is 9.79. The molecule has 0 saturated carbocycles. The number of ether oxygens (including phenoxy) is 1. The third-order valence-electron chi connectivity index (χ3n) is 6.36. The van der Waals surface area contributed by atoms with E-state index in [9.17, 15) is 4.79 Å². The molecule has 180 valence electrons. The van der Waals surface area contributed by atoms with Gasteiger partial charge in [-0.3, -0.25) is 4.99 Å². The van der Waals surface area contributed by atoms with Crippen molar-refractivity contribution in [3.05, 3.63) is 35.9 Å². The molecule has 0 bridgehead atoms. The second-order valence-corrected chi connectivity index (χ2v) is 12.1. The van der Waals surface area contributed by atoms with Gasteiger partial charge in [-0.25, -0.2) is 4.79 Å². The first kappa shape index (κ1) is 25.5. The molecule has 33 heavy (non-hydrogen) atoms. The van der Waals surface area contributed by atoms with Crippen molar-refractivity contribution in [2.45, 2.75) is 98.5 Å². The van der Waals surface area contributed by atoms with Gasteiger partial charge in [0.15, 0.2) is 0 Å². The zero-order chi connectivity index (χ0) is 24.8. The third kappa shape index (κ3) is 5.88. The van der Waals surface area contributed by atoms with E-state index in [1.807, 2.05) is 45.0 Å². The Morgan fingerprint density at radius 1 is 1.03 bits per heavy atom. The van der Waals surface area contributed by atoms with Gasteiger partial charge in [-0.05, 0) is 64.9 Å². The normalized spacial score (nSPS) is 20.8. The minimum Gasteiger partial charge on any atom is -0.444 e. The van der Waals surface area contributed by atoms with Crippen LogP contribution in [0, 0.1) is 5.41 Å². The molecular formula is C26H39BN2O4. The first-order valence-corrected chi connectivity index (χ1v) is 11.7. The summed E-state index contributed by atoms with van der Waals surface area (Å²) in [7, 11) is -0.385. The van der Waals surface area contributed by atoms with Gasteiger partial charge >= 0.3 is 13.2 Å². The minimum absolute atomic E-state index is 0.209. The van der Waals surface area contributed by atoms with Crippen LogP contribution in [0.1, 0.15) is 81.2 Å². The number of hydrogen-bond donors (Lipinski definition) is 1. The Labute approximate surface area is 199 Å². The van der Waals surface area contributed by atoms with Gasteiger partial charge in [-0.1, -0.05) is 51.1 Å². The quantitative estimate of drug-likeness (QED) is 0.642. The van der Waals surface area contributed by atoms with Crippen LogP contribution < -0.4 is 10.8 Å². The van der Waals surface area contributed by atoms with E-state index in [0.717, 1.165) is 22.4 Å². The molecule has 2 aliphatic rings. The Morgan fingerprint density at radius 3 is 2.06 bits per heavy atom. The molecule has 2 heterocycles. The zero-order valence-corrected chi connectivity index (χ0v) is 21.8. The molecule has 1 fully saturated rings. The van der Waals surface area contributed by atoms with Crippen molar-refractivity contribution >= 4 is 30.1 Å². The number of nitrogens with zero attached hydrogens (tertiary/aromatic N) is 1. The number of alkyl carbamates (subject to hydrolysis) is 1. The van der Waals surface area contributed by atoms with E-state index in [1.54, 1.807) is 0 Å². The van der Waals surface area contributed by atoms with Crippen LogP contribution in [0.3, 0.4) is 0 Å². The van der Waals surface area contributed by atoms with Crippen molar-refractivity contribution in [3.8, 4) is 0 Å². The van der Waals surface area contributed by atoms with Crippen LogP contribution in [0.5, 0.6) is 0 Å². The Bertz CT molecular complexity index is 934. The molecule has 1 saturated heterocycles. The maximum atomic E-state index is 12.4. The molecule has 2 aliphatic heterocycles. The summed E-state index contributed by atoms with van der Waals surface area (Å²) in [5, 5.41) is 3.03. The van der Waals surface area contributed by atoms with E-state index >= 15 is 0 Å². The largest absolute Gasteiger partial charge is 0.494 e. The molecule has 6 nitrogen and oxygen atoms in total. The van der Waals surface area contributed by atoms with Crippen molar-refractivity contribution in [2.75, 3.05) is 0 Å². The minimum atomic E-state index is -0.549. The van der Waals surface area contributed by atoms with Gasteiger partial charge in [0.25, 0.3) is 0 Å². The Hall–Kier alpha value is -2.12. The van der Waals surface area contributed by atoms with Gasteiger partial charge in [0.05, 0.1) is 22.9 Å². The van der Waals surface area contributed by atoms with Crippen molar-refractivity contribution in [3.63, 3.8) is 0 Å². The molecule has 0 radical (unpaired) electrons. The van der Waals surface area contributed by atoms with Crippen LogP contribution in [0.4, 0.5) is 4.79 Å². The van der Waals surface area contributed by atoms with Crippen molar-refractivity contribution in [2.24, 2.45) is 10.4 Å². The Balaban J connectivity index is 1.74. The van der Waals surface area contributed by atoms with E-state index in [1.165, 1.54) is 0 Å². The number of nitrogens with one attached hydrogen (secondary N) is 1. The van der Waals surface area contributed by atoms with Gasteiger partial charge in [0.2, 0.25) is 0 Å². The monoisotopic (exact) mass is 454 g/mol. The maximum Gasteiger partial charge on any atom is 0.494 e. The molecule has 0 aliphatic carbocycles. The first-order chi connectivity index (χ1) is 15.0. The summed E-state index contributed by atoms with van der Waals surface area (Å²) in [6.45, 7) is 20.1. The molecule has 1 atom stereocenters. The van der Waals surface area contributed by atoms with Crippen LogP contribution in [-0.2, 0) is 14.0 Å². The van der Waals surface area contributed by atoms with E-state index in [4.69, 9.17) is 19.0 Å². The number of hydrogen-bond acceptors (Lipinski definition) is 5. The molecular weight excluding hydrogens is 415 g/mol. The number of rotatable bonds is 4. The maximum absolute atomic E-state index is 12.4. The summed E-state index contributed by atoms with van der Waals surface area (Å²) in [6.07, 6.45) is 2.37. The predicted molar refractivity (Wildman–Crippen MR) is 135 cm³/mol. The van der Waals surface area contributed by atoms with Crippen molar-refractivity contribution in [1.82, 2.24) is 5.32 Å². The van der Waals surface area contributed by atoms with E-state index in [-0.39, 0.29) is 29.8 Å². The molecule has 0 aromatic heterocycles. The van der Waals surface area contributed by atoms with Crippen molar-refractivity contribution in [1.29, 1.82) is 0 Å². The van der Waals surface area contributed by atoms with Crippen LogP contribution in [0.15, 0.2) is 35.3 Å². The second-order valence-electron chi connectivity index (χ2n) is 12.1. The molecule has 7 heteroatoms. The molecule has 1 amide bonds. The van der Waals surface area contributed by atoms with Gasteiger partial charge in [-0.2, -0.15) is 0 Å². The number of amides is 1. The SMILES string of the molecule is CC(C)(C)OC(=O)N[C@H](C1=NC(c2ccc(B3OC(C)(C)C(C)(C)O3)cc2)=CC1)C(C)(C)C. The highest BCUT2D eigenvalue weighted by atomic mass is 16.7. The topological polar surface area (TPSA) is 69.2 Å². The summed E-state index contributed by atoms with van der Waals surface area (Å²) in [5.74, 6) is 0. The van der Waals surface area contributed by atoms with E-state index in [2.05, 4.69) is 59.9 Å². The van der Waals surface area contributed by atoms with Gasteiger partial charge < -0.3 is 19.4 Å². The molecule has 0 spiro atoms. The zero-order valence-electron chi connectivity index (χ0n) is 21.8. The van der Waals surface area contributed by atoms with Gasteiger partial charge in [-0.15, -0.1) is 0 Å². The Kier molecular flexibility index (Phi) is 6.64. The number of carbonyl (C=O) groups is 1. The van der Waals surface area contributed by atoms with Gasteiger partial charge in [0, 0.05) is 12.1 Å². The lowest BCUT2D eigenvalue weighted by molar-refractivity contribution is 0.00578. The first-order valence-electron chi connectivity index (χ1n) is 11.7. The fourth-order valence-corrected chi connectivity index (χ4v) is 3.83. The number of allylic oxidation sites excluding steroid dienone is 1. The van der Waals surface area contributed by atoms with Crippen molar-refractivity contribution < 1.29 is 18.8 Å². The highest BCUT2D eigenvalue weighted by Crippen LogP contribution is 2.36. The fraction of sp³-hybridized carbons (Fsp3) is 0.615. The lowest BCUT2D eigenvalue weighted by Gasteiger charge is -2.32. The number of aliphatic imine (C=N–C) groups is 1. The third-order valence-corrected chi connectivity index (χ3v) is 6.36. The molecule has 1 aromatic carbocycles. The summed E-state index contributed by atoms with van der Waals surface area (Å²) >= 11 is 0. The number of carbonyl (C=O) groups excluding carboxylic acids is 1. The standard InChI is InChI=1S/C26H39BN2O4/c1-23(2,3)21(29-22(30)31-24(4,5)6)20-16-15-19(28-20)17-11-13-18(14-12-17)27-32-25(7,8)26(9,10)33-27/h11-15,21H,16H2,1-10H3,(H,29,30)/t21-/m1/s1. The summed E-state index contributed by atoms with van der Waals surface area (Å²) in [6, 6.07) is 7.93. The highest BCUT2D eigenvalue weighted by molar-refractivity contribution is 6.62. The van der Waals surface area contributed by atoms with Crippen LogP contribution in [-0.4, -0.2) is 41.8 Å². The van der Waals surface area contributed by atoms with Gasteiger partial charge in [0.1, 0.15) is 5.60 Å². The molecule has 0 unspecified atom stereocenters. The van der Waals surface area contributed by atoms with Crippen LogP contribution in [0.25, 0.3) is 5.70 Å². The molecule has 3 rings (SSSR count). The molecule has 1 aromatic rings. The summed E-state index contributed by atoms with van der Waals surface area (Å²) in [4.78, 5) is 17.3. The highest BCUT2D eigenvalue weighted by Gasteiger charge is 2.51. The Morgan fingerprint density at radius 2 is 1.58 bits per heavy atom. The summed E-state index contributed by atoms with van der Waals surface area (Å²) in [5.41, 5.74) is 2.35. The average Bonchev–Trinajstić information content (AvgIpc) is 3.20. The second kappa shape index (κ2) is 8.59. The summed E-state index contributed by atoms with van der Waals surface area (Å²) < 4.78 is 17.8.